The summed E-state index contributed by atoms with van der Waals surface area (Å²) in [5.74, 6) is 1.41. The van der Waals surface area contributed by atoms with Crippen molar-refractivity contribution in [3.63, 3.8) is 0 Å². The molecule has 0 saturated heterocycles. The highest BCUT2D eigenvalue weighted by Crippen LogP contribution is 2.27. The van der Waals surface area contributed by atoms with Crippen LogP contribution in [0.5, 0.6) is 23.0 Å². The molecule has 4 rings (SSSR count). The molecule has 0 fully saturated rings. The van der Waals surface area contributed by atoms with Crippen molar-refractivity contribution in [2.45, 2.75) is 170 Å². The summed E-state index contributed by atoms with van der Waals surface area (Å²) in [7, 11) is 0. The van der Waals surface area contributed by atoms with E-state index in [9.17, 15) is 0 Å². The molecule has 1 radical (unpaired) electrons. The van der Waals surface area contributed by atoms with Crippen molar-refractivity contribution in [2.75, 3.05) is 0 Å². The fourth-order valence-corrected chi connectivity index (χ4v) is 5.37. The highest BCUT2D eigenvalue weighted by molar-refractivity contribution is 5.30. The Hall–Kier alpha value is -3.92. The number of hydrogen-bond donors (Lipinski definition) is 4. The average molecular weight is 756 g/mol. The van der Waals surface area contributed by atoms with E-state index in [0.717, 1.165) is 25.7 Å². The van der Waals surface area contributed by atoms with Gasteiger partial charge in [-0.25, -0.2) is 0 Å². The zero-order valence-electron chi connectivity index (χ0n) is 36.1. The van der Waals surface area contributed by atoms with Crippen LogP contribution >= 0.6 is 0 Å². The van der Waals surface area contributed by atoms with E-state index in [-0.39, 0.29) is 5.41 Å². The third kappa shape index (κ3) is 28.2. The molecule has 0 bridgehead atoms. The molecule has 4 aromatic rings. The summed E-state index contributed by atoms with van der Waals surface area (Å²) in [6.07, 6.45) is 23.5. The number of hydrogen-bond acceptors (Lipinski definition) is 4. The van der Waals surface area contributed by atoms with Crippen LogP contribution < -0.4 is 0 Å². The van der Waals surface area contributed by atoms with Crippen molar-refractivity contribution < 1.29 is 20.4 Å². The third-order valence-electron chi connectivity index (χ3n) is 9.53. The van der Waals surface area contributed by atoms with Crippen LogP contribution in [0.25, 0.3) is 0 Å². The molecule has 0 aliphatic heterocycles. The van der Waals surface area contributed by atoms with E-state index in [1.807, 2.05) is 48.5 Å². The summed E-state index contributed by atoms with van der Waals surface area (Å²) in [4.78, 5) is 0. The largest absolute Gasteiger partial charge is 0.508 e. The van der Waals surface area contributed by atoms with Gasteiger partial charge in [-0.15, -0.1) is 0 Å². The van der Waals surface area contributed by atoms with Gasteiger partial charge in [0.1, 0.15) is 23.0 Å². The second kappa shape index (κ2) is 33.4. The molecule has 0 aliphatic carbocycles. The van der Waals surface area contributed by atoms with Gasteiger partial charge >= 0.3 is 0 Å². The van der Waals surface area contributed by atoms with Gasteiger partial charge in [-0.3, -0.25) is 0 Å². The average Bonchev–Trinajstić information content (AvgIpc) is 3.19. The van der Waals surface area contributed by atoms with Gasteiger partial charge in [0.25, 0.3) is 0 Å². The van der Waals surface area contributed by atoms with Crippen LogP contribution in [0.4, 0.5) is 0 Å². The smallest absolute Gasteiger partial charge is 0.115 e. The van der Waals surface area contributed by atoms with E-state index in [1.54, 1.807) is 48.5 Å². The molecule has 0 heterocycles. The normalized spacial score (nSPS) is 10.3. The maximum absolute atomic E-state index is 9.10. The third-order valence-corrected chi connectivity index (χ3v) is 9.53. The lowest BCUT2D eigenvalue weighted by Crippen LogP contribution is -2.14. The molecular formula is C51H79O4. The van der Waals surface area contributed by atoms with Crippen LogP contribution in [-0.2, 0) is 24.7 Å². The molecule has 0 saturated carbocycles. The highest BCUT2D eigenvalue weighted by Gasteiger charge is 2.17. The van der Waals surface area contributed by atoms with Crippen molar-refractivity contribution in [3.8, 4) is 23.0 Å². The summed E-state index contributed by atoms with van der Waals surface area (Å²) in [6, 6.07) is 29.9. The fourth-order valence-electron chi connectivity index (χ4n) is 5.37. The summed E-state index contributed by atoms with van der Waals surface area (Å²) < 4.78 is 0. The first-order valence-corrected chi connectivity index (χ1v) is 21.4. The minimum Gasteiger partial charge on any atom is -0.508 e. The van der Waals surface area contributed by atoms with Gasteiger partial charge in [-0.1, -0.05) is 168 Å². The number of aryl methyl sites for hydroxylation is 3. The minimum atomic E-state index is 0.216. The Bertz CT molecular complexity index is 1390. The predicted octanol–water partition coefficient (Wildman–Crippen LogP) is 15.2. The second-order valence-corrected chi connectivity index (χ2v) is 15.0. The van der Waals surface area contributed by atoms with Crippen LogP contribution in [0.2, 0.25) is 0 Å². The molecule has 55 heavy (non-hydrogen) atoms. The van der Waals surface area contributed by atoms with Crippen LogP contribution in [0.15, 0.2) is 97.1 Å². The Balaban J connectivity index is 0.000000671. The first kappa shape index (κ1) is 51.1. The van der Waals surface area contributed by atoms with E-state index >= 15 is 0 Å². The van der Waals surface area contributed by atoms with Gasteiger partial charge in [-0.05, 0) is 128 Å². The van der Waals surface area contributed by atoms with Crippen molar-refractivity contribution in [1.82, 2.24) is 0 Å². The Kier molecular flexibility index (Phi) is 31.0. The van der Waals surface area contributed by atoms with E-state index in [4.69, 9.17) is 20.4 Å². The SMILES string of the molecule is CCC(C)(C)c1ccc(O)cc1.CCCCCCc1ccc(O)cc1.CCCCCc1ccc(O)cc1.CCCCc1ccc(O)cc1.CCC[CH]CCC. The maximum Gasteiger partial charge on any atom is 0.115 e. The molecule has 4 heteroatoms. The second-order valence-electron chi connectivity index (χ2n) is 15.0. The molecule has 0 spiro atoms. The molecule has 0 atom stereocenters. The zero-order valence-corrected chi connectivity index (χ0v) is 36.1. The standard InChI is InChI=1S/C12H18O.2C11H16O.C10H14O.C7H15/c1-2-3-4-5-6-11-7-9-12(13)10-8-11;1-4-11(2,3)9-5-7-10(12)8-6-9;1-2-3-4-5-10-6-8-11(12)9-7-10;1-2-3-4-9-5-7-10(11)8-6-9;1-3-5-7-6-4-2/h7-10,13H,2-6H2,1H3;5-8,12H,4H2,1-3H3;6-9,12H,2-5H2,1H3;5-8,11H,2-4H2,1H3;7H,3-6H2,1-2H3. The van der Waals surface area contributed by atoms with Gasteiger partial charge in [-0.2, -0.15) is 0 Å². The number of benzene rings is 4. The maximum atomic E-state index is 9.10. The van der Waals surface area contributed by atoms with Crippen molar-refractivity contribution in [1.29, 1.82) is 0 Å². The Labute approximate surface area is 338 Å². The van der Waals surface area contributed by atoms with Crippen LogP contribution in [0, 0.1) is 6.42 Å². The molecule has 4 aromatic carbocycles. The Morgan fingerprint density at radius 1 is 0.382 bits per heavy atom. The molecule has 4 N–H and O–H groups in total. The molecule has 0 aromatic heterocycles. The van der Waals surface area contributed by atoms with Crippen molar-refractivity contribution in [3.05, 3.63) is 126 Å². The molecule has 4 nitrogen and oxygen atoms in total. The van der Waals surface area contributed by atoms with Crippen LogP contribution in [-0.4, -0.2) is 20.4 Å². The van der Waals surface area contributed by atoms with Crippen LogP contribution in [0.3, 0.4) is 0 Å². The number of phenolic OH excluding ortho intramolecular Hbond substituents is 4. The number of aromatic hydroxyl groups is 4. The van der Waals surface area contributed by atoms with Gasteiger partial charge in [0.2, 0.25) is 0 Å². The molecule has 0 amide bonds. The Morgan fingerprint density at radius 2 is 0.691 bits per heavy atom. The lowest BCUT2D eigenvalue weighted by Gasteiger charge is -2.22. The van der Waals surface area contributed by atoms with Crippen molar-refractivity contribution in [2.24, 2.45) is 0 Å². The zero-order chi connectivity index (χ0) is 41.2. The lowest BCUT2D eigenvalue weighted by atomic mass is 9.82. The van der Waals surface area contributed by atoms with Gasteiger partial charge in [0.15, 0.2) is 0 Å². The summed E-state index contributed by atoms with van der Waals surface area (Å²) in [5, 5.41) is 36.2. The van der Waals surface area contributed by atoms with E-state index < -0.39 is 0 Å². The quantitative estimate of drug-likeness (QED) is 0.0762. The number of rotatable bonds is 18. The number of phenols is 4. The summed E-state index contributed by atoms with van der Waals surface area (Å²) in [6.45, 7) is 17.6. The first-order valence-electron chi connectivity index (χ1n) is 21.4. The minimum absolute atomic E-state index is 0.216. The van der Waals surface area contributed by atoms with E-state index in [0.29, 0.717) is 23.0 Å². The molecule has 0 unspecified atom stereocenters. The van der Waals surface area contributed by atoms with E-state index in [1.165, 1.54) is 106 Å². The highest BCUT2D eigenvalue weighted by atomic mass is 16.3. The van der Waals surface area contributed by atoms with Gasteiger partial charge in [0, 0.05) is 0 Å². The van der Waals surface area contributed by atoms with Gasteiger partial charge < -0.3 is 20.4 Å². The van der Waals surface area contributed by atoms with Gasteiger partial charge in [0.05, 0.1) is 0 Å². The molecule has 307 valence electrons. The number of unbranched alkanes of at least 4 members (excludes halogenated alkanes) is 10. The van der Waals surface area contributed by atoms with E-state index in [2.05, 4.69) is 61.8 Å². The molecular weight excluding hydrogens is 677 g/mol. The predicted molar refractivity (Wildman–Crippen MR) is 240 cm³/mol. The van der Waals surface area contributed by atoms with Crippen LogP contribution in [0.1, 0.15) is 168 Å². The Morgan fingerprint density at radius 3 is 1.02 bits per heavy atom. The van der Waals surface area contributed by atoms with Crippen molar-refractivity contribution >= 4 is 0 Å². The first-order chi connectivity index (χ1) is 26.5. The monoisotopic (exact) mass is 756 g/mol. The topological polar surface area (TPSA) is 80.9 Å². The fraction of sp³-hybridized carbons (Fsp3) is 0.510. The summed E-state index contributed by atoms with van der Waals surface area (Å²) >= 11 is 0. The summed E-state index contributed by atoms with van der Waals surface area (Å²) in [5.41, 5.74) is 5.45. The molecule has 0 aliphatic rings. The lowest BCUT2D eigenvalue weighted by molar-refractivity contribution is 0.471.